The normalized spacial score (nSPS) is 21.7. The number of aliphatic hydroxyl groups excluding tert-OH is 1. The summed E-state index contributed by atoms with van der Waals surface area (Å²) in [5.74, 6) is 1.49. The molecule has 2 aromatic carbocycles. The highest BCUT2D eigenvalue weighted by atomic mass is 32.1. The van der Waals surface area contributed by atoms with Crippen molar-refractivity contribution < 1.29 is 33.9 Å². The summed E-state index contributed by atoms with van der Waals surface area (Å²) in [4.78, 5) is 53.2. The van der Waals surface area contributed by atoms with Crippen molar-refractivity contribution in [2.75, 3.05) is 51.6 Å². The van der Waals surface area contributed by atoms with Crippen LogP contribution in [0.2, 0.25) is 0 Å². The molecule has 4 fully saturated rings. The quantitative estimate of drug-likeness (QED) is 0.0635. The van der Waals surface area contributed by atoms with Gasteiger partial charge in [0.15, 0.2) is 11.6 Å². The Morgan fingerprint density at radius 2 is 1.66 bits per heavy atom. The second-order valence-corrected chi connectivity index (χ2v) is 23.2. The molecule has 4 aliphatic rings. The molecule has 3 amide bonds. The van der Waals surface area contributed by atoms with Crippen molar-refractivity contribution in [3.05, 3.63) is 95.6 Å². The van der Waals surface area contributed by atoms with Gasteiger partial charge in [-0.05, 0) is 137 Å². The number of para-hydroxylation sites is 1. The van der Waals surface area contributed by atoms with Crippen LogP contribution in [0.15, 0.2) is 83.1 Å². The largest absolute Gasteiger partial charge is 0.507 e. The van der Waals surface area contributed by atoms with Crippen LogP contribution in [0.3, 0.4) is 0 Å². The summed E-state index contributed by atoms with van der Waals surface area (Å²) in [7, 11) is 0. The number of β-amino-alcohol motifs (C(OH)–C–C–N with tert-alkyl or cyclic N) is 1. The van der Waals surface area contributed by atoms with E-state index >= 15 is 0 Å². The number of likely N-dealkylation sites (tertiary alicyclic amines) is 3. The second-order valence-electron chi connectivity index (χ2n) is 22.4. The summed E-state index contributed by atoms with van der Waals surface area (Å²) in [5, 5.41) is 41.5. The van der Waals surface area contributed by atoms with Gasteiger partial charge in [0.05, 0.1) is 52.8 Å². The fourth-order valence-electron chi connectivity index (χ4n) is 12.1. The number of aryl methyl sites for hydroxylation is 1. The van der Waals surface area contributed by atoms with E-state index in [1.807, 2.05) is 86.7 Å². The topological polar surface area (TPSA) is 231 Å². The summed E-state index contributed by atoms with van der Waals surface area (Å²) >= 11 is 1.59. The van der Waals surface area contributed by atoms with Crippen LogP contribution in [-0.4, -0.2) is 131 Å². The maximum atomic E-state index is 14.2. The zero-order valence-corrected chi connectivity index (χ0v) is 45.6. The predicted octanol–water partition coefficient (Wildman–Crippen LogP) is 8.30. The van der Waals surface area contributed by atoms with Crippen molar-refractivity contribution in [3.8, 4) is 44.5 Å². The molecule has 0 unspecified atom stereocenters. The lowest BCUT2D eigenvalue weighted by atomic mass is 9.73. The molecule has 408 valence electrons. The molecule has 7 heterocycles. The number of nitrogen functional groups attached to an aromatic ring is 1. The van der Waals surface area contributed by atoms with E-state index in [1.165, 1.54) is 4.90 Å². The summed E-state index contributed by atoms with van der Waals surface area (Å²) in [6.07, 6.45) is 9.94. The molecule has 3 aliphatic heterocycles. The minimum Gasteiger partial charge on any atom is -0.507 e. The highest BCUT2D eigenvalue weighted by Gasteiger charge is 2.44. The van der Waals surface area contributed by atoms with Crippen LogP contribution in [0.5, 0.6) is 11.6 Å². The van der Waals surface area contributed by atoms with Crippen molar-refractivity contribution in [2.45, 2.75) is 116 Å². The van der Waals surface area contributed by atoms with Crippen molar-refractivity contribution >= 4 is 34.9 Å². The van der Waals surface area contributed by atoms with Gasteiger partial charge in [-0.2, -0.15) is 5.10 Å². The third-order valence-corrected chi connectivity index (χ3v) is 17.8. The molecule has 77 heavy (non-hydrogen) atoms. The Kier molecular flexibility index (Phi) is 16.4. The van der Waals surface area contributed by atoms with Crippen LogP contribution in [0.1, 0.15) is 114 Å². The molecule has 1 aliphatic carbocycles. The van der Waals surface area contributed by atoms with Crippen molar-refractivity contribution in [1.29, 1.82) is 0 Å². The SMILES string of the molecule is Cc1ncsc1-c1ccc([C@H](C)NC(=O)[C@@H]2C[C@@H](O)CN2C(=O)[C@H](c2cc(OCCC3CCN(C(=O)C4CC(CN5CCC([C@H](C)n6cc(-c7cc(-c8ccccc8O)nnc7N)cn6)CC5)C4)CC3)no2)C(C)C)cc1. The van der Waals surface area contributed by atoms with E-state index in [2.05, 4.69) is 42.4 Å². The minimum atomic E-state index is -0.832. The zero-order valence-electron chi connectivity index (χ0n) is 44.8. The number of nitrogens with one attached hydrogen (secondary N) is 1. The van der Waals surface area contributed by atoms with Gasteiger partial charge in [-0.1, -0.05) is 50.2 Å². The molecule has 4 aromatic heterocycles. The number of aliphatic hydroxyl groups is 1. The van der Waals surface area contributed by atoms with Gasteiger partial charge in [-0.25, -0.2) is 4.98 Å². The summed E-state index contributed by atoms with van der Waals surface area (Å²) in [6.45, 7) is 15.1. The molecule has 0 spiro atoms. The minimum absolute atomic E-state index is 0.0503. The molecule has 6 aromatic rings. The molecule has 5 N–H and O–H groups in total. The van der Waals surface area contributed by atoms with Crippen LogP contribution in [-0.2, 0) is 14.4 Å². The first-order chi connectivity index (χ1) is 37.2. The highest BCUT2D eigenvalue weighted by molar-refractivity contribution is 7.13. The number of thiazole rings is 1. The van der Waals surface area contributed by atoms with Crippen LogP contribution < -0.4 is 15.8 Å². The van der Waals surface area contributed by atoms with E-state index in [4.69, 9.17) is 20.1 Å². The number of piperidine rings is 2. The van der Waals surface area contributed by atoms with E-state index in [1.54, 1.807) is 35.6 Å². The standard InChI is InChI=1S/C58H73N11O7S/c1-34(2)53(58(74)68-32-45(70)26-49(68)56(72)62-35(3)40-10-12-42(13-11-40)54-36(4)60-33-77-54)51-28-52(65-76-51)75-23-18-38-14-21-67(22-15-38)57(73)43-24-39(25-43)30-66-19-16-41(17-20-66)37(5)69-31-44(29-61-69)47-27-48(63-64-55(47)59)46-8-6-7-9-50(46)71/h6-13,27-29,31,33-35,37-39,41,43,45,49,53,70-71H,14-26,30,32H2,1-5H3,(H2,59,64)(H,62,72)/t35-,37-,39?,43?,45+,49-,53-/m0/s1. The molecule has 18 nitrogen and oxygen atoms in total. The van der Waals surface area contributed by atoms with Crippen molar-refractivity contribution in [1.82, 2.24) is 50.1 Å². The van der Waals surface area contributed by atoms with Gasteiger partial charge in [-0.15, -0.1) is 21.5 Å². The Balaban J connectivity index is 0.624. The number of ether oxygens (including phenoxy) is 1. The number of aromatic nitrogens is 6. The molecule has 0 radical (unpaired) electrons. The molecule has 0 bridgehead atoms. The van der Waals surface area contributed by atoms with Crippen LogP contribution >= 0.6 is 11.3 Å². The first-order valence-corrected chi connectivity index (χ1v) is 28.4. The number of amides is 3. The smallest absolute Gasteiger partial charge is 0.254 e. The van der Waals surface area contributed by atoms with Gasteiger partial charge >= 0.3 is 0 Å². The molecule has 5 atom stereocenters. The van der Waals surface area contributed by atoms with E-state index in [9.17, 15) is 24.6 Å². The van der Waals surface area contributed by atoms with Crippen LogP contribution in [0.4, 0.5) is 5.82 Å². The van der Waals surface area contributed by atoms with Gasteiger partial charge in [-0.3, -0.25) is 19.1 Å². The van der Waals surface area contributed by atoms with Crippen LogP contribution in [0.25, 0.3) is 32.8 Å². The number of nitrogens with zero attached hydrogens (tertiary/aromatic N) is 9. The Labute approximate surface area is 454 Å². The van der Waals surface area contributed by atoms with Crippen LogP contribution in [0, 0.1) is 36.5 Å². The fourth-order valence-corrected chi connectivity index (χ4v) is 12.9. The lowest BCUT2D eigenvalue weighted by Crippen LogP contribution is -2.48. The van der Waals surface area contributed by atoms with E-state index in [0.29, 0.717) is 59.0 Å². The molecular weight excluding hydrogens is 995 g/mol. The number of benzene rings is 2. The number of carbonyl (C=O) groups is 3. The number of hydrogen-bond donors (Lipinski definition) is 4. The average Bonchev–Trinajstić information content (AvgIpc) is 4.28. The average molecular weight is 1070 g/mol. The summed E-state index contributed by atoms with van der Waals surface area (Å²) in [6, 6.07) is 17.7. The lowest BCUT2D eigenvalue weighted by Gasteiger charge is -2.43. The monoisotopic (exact) mass is 1070 g/mol. The van der Waals surface area contributed by atoms with Gasteiger partial charge in [0, 0.05) is 67.5 Å². The summed E-state index contributed by atoms with van der Waals surface area (Å²) < 4.78 is 13.8. The predicted molar refractivity (Wildman–Crippen MR) is 293 cm³/mol. The molecular formula is C58H73N11O7S. The second kappa shape index (κ2) is 23.5. The third-order valence-electron chi connectivity index (χ3n) is 16.8. The number of phenols is 1. The van der Waals surface area contributed by atoms with Crippen molar-refractivity contribution in [3.63, 3.8) is 0 Å². The Hall–Kier alpha value is -6.70. The number of rotatable bonds is 18. The molecule has 3 saturated heterocycles. The first kappa shape index (κ1) is 53.7. The fraction of sp³-hybridized carbons (Fsp3) is 0.517. The Morgan fingerprint density at radius 1 is 0.909 bits per heavy atom. The molecule has 10 rings (SSSR count). The van der Waals surface area contributed by atoms with E-state index in [0.717, 1.165) is 110 Å². The van der Waals surface area contributed by atoms with Crippen molar-refractivity contribution in [2.24, 2.45) is 29.6 Å². The number of aromatic hydroxyl groups is 1. The van der Waals surface area contributed by atoms with E-state index in [-0.39, 0.29) is 54.4 Å². The van der Waals surface area contributed by atoms with E-state index < -0.39 is 18.1 Å². The third kappa shape index (κ3) is 12.1. The first-order valence-electron chi connectivity index (χ1n) is 27.5. The van der Waals surface area contributed by atoms with Gasteiger partial charge < -0.3 is 45.2 Å². The number of phenolic OH excluding ortho intramolecular Hbond substituents is 1. The maximum absolute atomic E-state index is 14.2. The molecule has 1 saturated carbocycles. The zero-order chi connectivity index (χ0) is 53.9. The molecule has 19 heteroatoms. The number of hydrogen-bond acceptors (Lipinski definition) is 15. The van der Waals surface area contributed by atoms with Gasteiger partial charge in [0.25, 0.3) is 5.88 Å². The Morgan fingerprint density at radius 3 is 2.38 bits per heavy atom. The summed E-state index contributed by atoms with van der Waals surface area (Å²) in [5.41, 5.74) is 13.8. The highest BCUT2D eigenvalue weighted by Crippen LogP contribution is 2.40. The number of anilines is 1. The lowest BCUT2D eigenvalue weighted by molar-refractivity contribution is -0.142. The number of carbonyl (C=O) groups excluding carboxylic acids is 3. The maximum Gasteiger partial charge on any atom is 0.254 e. The Bertz CT molecular complexity index is 2990. The van der Waals surface area contributed by atoms with Gasteiger partial charge in [0.1, 0.15) is 17.7 Å². The number of nitrogens with two attached hydrogens (primary N) is 1. The van der Waals surface area contributed by atoms with Gasteiger partial charge in [0.2, 0.25) is 17.7 Å².